The summed E-state index contributed by atoms with van der Waals surface area (Å²) in [7, 11) is 2.62. The van der Waals surface area contributed by atoms with Gasteiger partial charge in [-0.3, -0.25) is 9.79 Å². The maximum Gasteiger partial charge on any atom is 0.256 e. The van der Waals surface area contributed by atoms with Crippen LogP contribution in [0.2, 0.25) is 0 Å². The second kappa shape index (κ2) is 10.4. The van der Waals surface area contributed by atoms with Crippen molar-refractivity contribution in [1.29, 1.82) is 0 Å². The molecule has 7 nitrogen and oxygen atoms in total. The van der Waals surface area contributed by atoms with Gasteiger partial charge in [0.05, 0.1) is 26.3 Å². The summed E-state index contributed by atoms with van der Waals surface area (Å²) in [5, 5.41) is 6.40. The quantitative estimate of drug-likeness (QED) is 0.517. The summed E-state index contributed by atoms with van der Waals surface area (Å²) in [6.07, 6.45) is 0. The summed E-state index contributed by atoms with van der Waals surface area (Å²) in [6, 6.07) is 14.5. The number of carbonyl (C=O) groups excluding carboxylic acids is 1. The number of benzene rings is 3. The maximum atomic E-state index is 15.0. The van der Waals surface area contributed by atoms with E-state index in [1.807, 2.05) is 24.3 Å². The zero-order valence-electron chi connectivity index (χ0n) is 21.8. The molecule has 2 aliphatic rings. The number of hydrogen-bond acceptors (Lipinski definition) is 6. The number of halogens is 2. The molecule has 2 heterocycles. The van der Waals surface area contributed by atoms with Crippen LogP contribution < -0.4 is 25.0 Å². The van der Waals surface area contributed by atoms with E-state index in [1.54, 1.807) is 18.2 Å². The van der Waals surface area contributed by atoms with E-state index >= 15 is 0 Å². The molecule has 9 heteroatoms. The largest absolute Gasteiger partial charge is 0.494 e. The van der Waals surface area contributed by atoms with Crippen LogP contribution in [-0.2, 0) is 6.54 Å². The second-order valence-electron chi connectivity index (χ2n) is 9.70. The molecule has 1 amide bonds. The lowest BCUT2D eigenvalue weighted by molar-refractivity contribution is 0.0977. The van der Waals surface area contributed by atoms with Crippen molar-refractivity contribution in [2.75, 3.05) is 32.2 Å². The summed E-state index contributed by atoms with van der Waals surface area (Å²) in [6.45, 7) is 6.41. The zero-order chi connectivity index (χ0) is 27.0. The van der Waals surface area contributed by atoms with Gasteiger partial charge in [-0.2, -0.15) is 0 Å². The van der Waals surface area contributed by atoms with Crippen LogP contribution in [0.25, 0.3) is 11.1 Å². The first-order valence-electron chi connectivity index (χ1n) is 12.5. The van der Waals surface area contributed by atoms with Gasteiger partial charge >= 0.3 is 0 Å². The molecule has 3 aromatic rings. The van der Waals surface area contributed by atoms with Gasteiger partial charge in [0.1, 0.15) is 5.84 Å². The van der Waals surface area contributed by atoms with Crippen LogP contribution in [0.3, 0.4) is 0 Å². The molecule has 0 radical (unpaired) electrons. The van der Waals surface area contributed by atoms with Gasteiger partial charge < -0.3 is 25.0 Å². The normalized spacial score (nSPS) is 18.6. The molecule has 1 fully saturated rings. The minimum Gasteiger partial charge on any atom is -0.494 e. The highest BCUT2D eigenvalue weighted by atomic mass is 19.1. The Labute approximate surface area is 220 Å². The monoisotopic (exact) mass is 520 g/mol. The molecule has 0 spiro atoms. The number of fused-ring (bicyclic) bond motifs is 1. The molecule has 0 unspecified atom stereocenters. The molecule has 3 aromatic carbocycles. The van der Waals surface area contributed by atoms with Crippen molar-refractivity contribution in [2.24, 2.45) is 4.99 Å². The lowest BCUT2D eigenvalue weighted by Gasteiger charge is -2.37. The van der Waals surface area contributed by atoms with Gasteiger partial charge in [0, 0.05) is 48.1 Å². The van der Waals surface area contributed by atoms with Crippen LogP contribution in [0.1, 0.15) is 35.3 Å². The Kier molecular flexibility index (Phi) is 7.03. The van der Waals surface area contributed by atoms with Crippen LogP contribution >= 0.6 is 0 Å². The molecular weight excluding hydrogens is 490 g/mol. The van der Waals surface area contributed by atoms with Crippen molar-refractivity contribution in [2.45, 2.75) is 32.5 Å². The molecule has 0 aromatic heterocycles. The summed E-state index contributed by atoms with van der Waals surface area (Å²) in [4.78, 5) is 19.7. The van der Waals surface area contributed by atoms with Gasteiger partial charge in [-0.15, -0.1) is 0 Å². The number of rotatable bonds is 5. The second-order valence-corrected chi connectivity index (χ2v) is 9.70. The molecule has 198 valence electrons. The summed E-state index contributed by atoms with van der Waals surface area (Å²) in [5.74, 6) is -1.71. The van der Waals surface area contributed by atoms with Crippen LogP contribution in [0, 0.1) is 11.6 Å². The average Bonchev–Trinajstić information content (AvgIpc) is 3.30. The number of nitrogens with zero attached hydrogens (tertiary/aromatic N) is 2. The molecule has 1 saturated heterocycles. The number of anilines is 1. The van der Waals surface area contributed by atoms with E-state index < -0.39 is 11.6 Å². The topological polar surface area (TPSA) is 75.2 Å². The van der Waals surface area contributed by atoms with Gasteiger partial charge in [-0.25, -0.2) is 8.78 Å². The van der Waals surface area contributed by atoms with Crippen LogP contribution in [0.5, 0.6) is 11.5 Å². The predicted octanol–water partition coefficient (Wildman–Crippen LogP) is 4.53. The molecule has 0 saturated carbocycles. The van der Waals surface area contributed by atoms with E-state index in [0.29, 0.717) is 34.6 Å². The van der Waals surface area contributed by atoms with Crippen LogP contribution in [-0.4, -0.2) is 51.1 Å². The number of ether oxygens (including phenoxy) is 2. The highest BCUT2D eigenvalue weighted by Crippen LogP contribution is 2.38. The number of aliphatic imine (C=N–C) groups is 1. The van der Waals surface area contributed by atoms with Crippen LogP contribution in [0.15, 0.2) is 53.5 Å². The minimum absolute atomic E-state index is 0.116. The van der Waals surface area contributed by atoms with Gasteiger partial charge in [-0.1, -0.05) is 12.1 Å². The SMILES string of the molecule is COc1cc(OC)c(F)c(-c2ccc3c(c2)CN=C3NC(=O)c2ccc(N3C[C@@H](C)N[C@@H](C)C3)cc2)c1F. The number of methoxy groups -OCH3 is 2. The van der Waals surface area contributed by atoms with Crippen molar-refractivity contribution >= 4 is 17.4 Å². The molecular formula is C29H30F2N4O3. The Hall–Kier alpha value is -3.98. The number of piperazine rings is 1. The van der Waals surface area contributed by atoms with Gasteiger partial charge in [0.25, 0.3) is 5.91 Å². The third-order valence-electron chi connectivity index (χ3n) is 6.91. The first kappa shape index (κ1) is 25.7. The van der Waals surface area contributed by atoms with Crippen molar-refractivity contribution in [3.63, 3.8) is 0 Å². The highest BCUT2D eigenvalue weighted by Gasteiger charge is 2.25. The first-order chi connectivity index (χ1) is 18.3. The number of amides is 1. The zero-order valence-corrected chi connectivity index (χ0v) is 21.8. The van der Waals surface area contributed by atoms with Crippen molar-refractivity contribution in [3.8, 4) is 22.6 Å². The summed E-state index contributed by atoms with van der Waals surface area (Å²) >= 11 is 0. The summed E-state index contributed by atoms with van der Waals surface area (Å²) in [5.41, 5.74) is 3.13. The highest BCUT2D eigenvalue weighted by molar-refractivity contribution is 6.14. The fourth-order valence-electron chi connectivity index (χ4n) is 5.15. The van der Waals surface area contributed by atoms with Crippen LogP contribution in [0.4, 0.5) is 14.5 Å². The Bertz CT molecular complexity index is 1370. The van der Waals surface area contributed by atoms with Gasteiger partial charge in [-0.05, 0) is 55.3 Å². The standard InChI is InChI=1S/C29H30F2N4O3/c1-16-14-35(15-17(2)33-16)21-8-5-18(6-9-21)29(36)34-28-22-10-7-19(11-20(22)13-32-28)25-26(30)23(37-3)12-24(38-4)27(25)31/h5-12,16-17,33H,13-15H2,1-4H3,(H,32,34,36)/t16-,17+. The minimum atomic E-state index is -0.814. The number of carbonyl (C=O) groups is 1. The lowest BCUT2D eigenvalue weighted by Crippen LogP contribution is -2.54. The van der Waals surface area contributed by atoms with E-state index in [0.717, 1.165) is 24.3 Å². The van der Waals surface area contributed by atoms with Gasteiger partial charge in [0.15, 0.2) is 23.1 Å². The third kappa shape index (κ3) is 4.81. The predicted molar refractivity (Wildman–Crippen MR) is 143 cm³/mol. The third-order valence-corrected chi connectivity index (χ3v) is 6.91. The Morgan fingerprint density at radius 1 is 0.974 bits per heavy atom. The molecule has 5 rings (SSSR count). The Balaban J connectivity index is 1.33. The smallest absolute Gasteiger partial charge is 0.256 e. The maximum absolute atomic E-state index is 15.0. The molecule has 0 aliphatic carbocycles. The Morgan fingerprint density at radius 3 is 2.21 bits per heavy atom. The molecule has 0 bridgehead atoms. The van der Waals surface area contributed by atoms with E-state index in [9.17, 15) is 13.6 Å². The van der Waals surface area contributed by atoms with Crippen molar-refractivity contribution < 1.29 is 23.0 Å². The fraction of sp³-hybridized carbons (Fsp3) is 0.310. The number of amidine groups is 1. The average molecular weight is 521 g/mol. The summed E-state index contributed by atoms with van der Waals surface area (Å²) < 4.78 is 40.1. The molecule has 2 aliphatic heterocycles. The van der Waals surface area contributed by atoms with E-state index in [4.69, 9.17) is 9.47 Å². The van der Waals surface area contributed by atoms with E-state index in [2.05, 4.69) is 34.4 Å². The number of nitrogens with one attached hydrogen (secondary N) is 2. The number of hydrogen-bond donors (Lipinski definition) is 2. The first-order valence-corrected chi connectivity index (χ1v) is 12.5. The molecule has 2 atom stereocenters. The molecule has 2 N–H and O–H groups in total. The van der Waals surface area contributed by atoms with E-state index in [-0.39, 0.29) is 29.5 Å². The van der Waals surface area contributed by atoms with Crippen molar-refractivity contribution in [3.05, 3.63) is 76.9 Å². The van der Waals surface area contributed by atoms with Gasteiger partial charge in [0.2, 0.25) is 0 Å². The fourth-order valence-corrected chi connectivity index (χ4v) is 5.15. The molecule has 38 heavy (non-hydrogen) atoms. The van der Waals surface area contributed by atoms with Crippen molar-refractivity contribution in [1.82, 2.24) is 10.6 Å². The Morgan fingerprint density at radius 2 is 1.61 bits per heavy atom. The van der Waals surface area contributed by atoms with E-state index in [1.165, 1.54) is 20.3 Å². The lowest BCUT2D eigenvalue weighted by atomic mass is 9.98.